The number of hydrogen-bond donors (Lipinski definition) is 1. The summed E-state index contributed by atoms with van der Waals surface area (Å²) in [5.41, 5.74) is 4.26. The van der Waals surface area contributed by atoms with E-state index in [1.54, 1.807) is 22.4 Å². The molecule has 0 saturated heterocycles. The number of carbonyl (C=O) groups excluding carboxylic acids is 1. The maximum atomic E-state index is 11.9. The van der Waals surface area contributed by atoms with Crippen molar-refractivity contribution in [1.82, 2.24) is 15.4 Å². The molecule has 1 aliphatic rings. The Labute approximate surface area is 113 Å². The molecule has 102 valence electrons. The summed E-state index contributed by atoms with van der Waals surface area (Å²) in [5, 5.41) is 7.54. The summed E-state index contributed by atoms with van der Waals surface area (Å²) in [6.07, 6.45) is 3.42. The van der Waals surface area contributed by atoms with Crippen LogP contribution in [0.25, 0.3) is 0 Å². The van der Waals surface area contributed by atoms with E-state index in [0.717, 1.165) is 11.4 Å². The Hall–Kier alpha value is -2.11. The van der Waals surface area contributed by atoms with E-state index in [-0.39, 0.29) is 11.4 Å². The average Bonchev–Trinajstić information content (AvgIpc) is 2.38. The fourth-order valence-electron chi connectivity index (χ4n) is 1.75. The molecule has 0 unspecified atom stereocenters. The molecule has 1 aliphatic heterocycles. The number of aromatic nitrogens is 1. The summed E-state index contributed by atoms with van der Waals surface area (Å²) in [7, 11) is 1.84. The van der Waals surface area contributed by atoms with Crippen molar-refractivity contribution in [2.45, 2.75) is 20.8 Å². The molecule has 2 heterocycles. The van der Waals surface area contributed by atoms with Crippen LogP contribution in [0.4, 0.5) is 10.5 Å². The molecule has 6 heteroatoms. The third-order valence-electron chi connectivity index (χ3n) is 3.07. The Morgan fingerprint density at radius 3 is 2.74 bits per heavy atom. The van der Waals surface area contributed by atoms with Crippen molar-refractivity contribution in [2.24, 2.45) is 10.5 Å². The van der Waals surface area contributed by atoms with Gasteiger partial charge >= 0.3 is 6.03 Å². The molecular formula is C13H19N5O. The standard InChI is InChI=1S/C13H19N5O/c1-13(2,3)11-9-18(12(19)16-15-11)17(4)10-6-5-7-14-8-10/h5-8H,9H2,1-4H3,(H,16,19). The highest BCUT2D eigenvalue weighted by atomic mass is 16.2. The molecule has 0 fully saturated rings. The summed E-state index contributed by atoms with van der Waals surface area (Å²) in [5.74, 6) is 0. The third kappa shape index (κ3) is 2.83. The van der Waals surface area contributed by atoms with Crippen LogP contribution in [-0.2, 0) is 0 Å². The van der Waals surface area contributed by atoms with Crippen molar-refractivity contribution < 1.29 is 4.79 Å². The second-order valence-electron chi connectivity index (χ2n) is 5.52. The van der Waals surface area contributed by atoms with Crippen LogP contribution < -0.4 is 10.4 Å². The smallest absolute Gasteiger partial charge is 0.283 e. The van der Waals surface area contributed by atoms with E-state index in [1.807, 2.05) is 19.2 Å². The average molecular weight is 261 g/mol. The lowest BCUT2D eigenvalue weighted by molar-refractivity contribution is 0.198. The van der Waals surface area contributed by atoms with Crippen LogP contribution in [0, 0.1) is 5.41 Å². The lowest BCUT2D eigenvalue weighted by Crippen LogP contribution is -2.55. The predicted molar refractivity (Wildman–Crippen MR) is 74.8 cm³/mol. The van der Waals surface area contributed by atoms with E-state index >= 15 is 0 Å². The summed E-state index contributed by atoms with van der Waals surface area (Å²) < 4.78 is 0. The van der Waals surface area contributed by atoms with E-state index in [1.165, 1.54) is 0 Å². The number of pyridine rings is 1. The topological polar surface area (TPSA) is 60.8 Å². The van der Waals surface area contributed by atoms with E-state index in [9.17, 15) is 4.79 Å². The first-order valence-electron chi connectivity index (χ1n) is 6.18. The number of rotatable bonds is 2. The summed E-state index contributed by atoms with van der Waals surface area (Å²) in [6, 6.07) is 3.51. The molecule has 0 atom stereocenters. The van der Waals surface area contributed by atoms with Crippen LogP contribution in [0.15, 0.2) is 29.6 Å². The van der Waals surface area contributed by atoms with E-state index in [0.29, 0.717) is 6.54 Å². The van der Waals surface area contributed by atoms with Crippen LogP contribution >= 0.6 is 0 Å². The van der Waals surface area contributed by atoms with Crippen molar-refractivity contribution in [3.05, 3.63) is 24.5 Å². The fraction of sp³-hybridized carbons (Fsp3) is 0.462. The van der Waals surface area contributed by atoms with Gasteiger partial charge in [0.25, 0.3) is 0 Å². The Morgan fingerprint density at radius 2 is 2.16 bits per heavy atom. The summed E-state index contributed by atoms with van der Waals surface area (Å²) in [6.45, 7) is 6.70. The first-order valence-corrected chi connectivity index (χ1v) is 6.18. The molecular weight excluding hydrogens is 242 g/mol. The number of hydrogen-bond acceptors (Lipinski definition) is 4. The SMILES string of the molecule is CN(c1cccnc1)N1CC(C(C)(C)C)=NNC1=O. The van der Waals surface area contributed by atoms with Gasteiger partial charge in [-0.15, -0.1) is 0 Å². The zero-order valence-corrected chi connectivity index (χ0v) is 11.7. The minimum absolute atomic E-state index is 0.0816. The molecule has 0 saturated carbocycles. The van der Waals surface area contributed by atoms with Crippen molar-refractivity contribution in [3.8, 4) is 0 Å². The second-order valence-corrected chi connectivity index (χ2v) is 5.52. The minimum atomic E-state index is -0.237. The van der Waals surface area contributed by atoms with Crippen LogP contribution in [-0.4, -0.2) is 35.3 Å². The number of nitrogens with one attached hydrogen (secondary N) is 1. The number of hydrazine groups is 1. The van der Waals surface area contributed by atoms with Crippen molar-refractivity contribution in [3.63, 3.8) is 0 Å². The fourth-order valence-corrected chi connectivity index (χ4v) is 1.75. The van der Waals surface area contributed by atoms with Crippen LogP contribution in [0.5, 0.6) is 0 Å². The molecule has 19 heavy (non-hydrogen) atoms. The molecule has 0 aromatic carbocycles. The van der Waals surface area contributed by atoms with Crippen molar-refractivity contribution in [2.75, 3.05) is 18.6 Å². The molecule has 6 nitrogen and oxygen atoms in total. The monoisotopic (exact) mass is 261 g/mol. The van der Waals surface area contributed by atoms with E-state index < -0.39 is 0 Å². The molecule has 2 rings (SSSR count). The van der Waals surface area contributed by atoms with Gasteiger partial charge in [0, 0.05) is 18.7 Å². The summed E-state index contributed by atoms with van der Waals surface area (Å²) >= 11 is 0. The number of urea groups is 1. The van der Waals surface area contributed by atoms with Crippen LogP contribution in [0.2, 0.25) is 0 Å². The van der Waals surface area contributed by atoms with Gasteiger partial charge in [0.05, 0.1) is 24.1 Å². The van der Waals surface area contributed by atoms with Crippen molar-refractivity contribution in [1.29, 1.82) is 0 Å². The highest BCUT2D eigenvalue weighted by Crippen LogP contribution is 2.21. The number of carbonyl (C=O) groups is 1. The Kier molecular flexibility index (Phi) is 3.42. The largest absolute Gasteiger partial charge is 0.356 e. The van der Waals surface area contributed by atoms with E-state index in [4.69, 9.17) is 0 Å². The first kappa shape index (κ1) is 13.3. The first-order chi connectivity index (χ1) is 8.89. The van der Waals surface area contributed by atoms with Crippen molar-refractivity contribution >= 4 is 17.4 Å². The normalized spacial score (nSPS) is 15.9. The van der Waals surface area contributed by atoms with Gasteiger partial charge in [0.1, 0.15) is 0 Å². The maximum absolute atomic E-state index is 11.9. The Bertz CT molecular complexity index is 492. The van der Waals surface area contributed by atoms with Crippen LogP contribution in [0.1, 0.15) is 20.8 Å². The third-order valence-corrected chi connectivity index (χ3v) is 3.07. The predicted octanol–water partition coefficient (Wildman–Crippen LogP) is 1.86. The molecule has 0 radical (unpaired) electrons. The molecule has 1 aromatic heterocycles. The van der Waals surface area contributed by atoms with Gasteiger partial charge in [-0.25, -0.2) is 15.2 Å². The minimum Gasteiger partial charge on any atom is -0.283 e. The zero-order valence-electron chi connectivity index (χ0n) is 11.7. The van der Waals surface area contributed by atoms with Gasteiger partial charge in [0.15, 0.2) is 0 Å². The zero-order chi connectivity index (χ0) is 14.0. The van der Waals surface area contributed by atoms with Gasteiger partial charge in [-0.05, 0) is 12.1 Å². The number of anilines is 1. The van der Waals surface area contributed by atoms with Gasteiger partial charge in [0.2, 0.25) is 0 Å². The number of amides is 2. The van der Waals surface area contributed by atoms with E-state index in [2.05, 4.69) is 36.3 Å². The lowest BCUT2D eigenvalue weighted by Gasteiger charge is -2.37. The lowest BCUT2D eigenvalue weighted by atomic mass is 9.89. The summed E-state index contributed by atoms with van der Waals surface area (Å²) in [4.78, 5) is 16.0. The Balaban J connectivity index is 2.21. The molecule has 0 spiro atoms. The quantitative estimate of drug-likeness (QED) is 0.884. The maximum Gasteiger partial charge on any atom is 0.356 e. The molecule has 1 aromatic rings. The second kappa shape index (κ2) is 4.87. The number of hydrazone groups is 1. The highest BCUT2D eigenvalue weighted by Gasteiger charge is 2.30. The molecule has 2 amide bonds. The number of nitrogens with zero attached hydrogens (tertiary/aromatic N) is 4. The van der Waals surface area contributed by atoms with Crippen LogP contribution in [0.3, 0.4) is 0 Å². The van der Waals surface area contributed by atoms with Gasteiger partial charge in [-0.1, -0.05) is 20.8 Å². The van der Waals surface area contributed by atoms with Gasteiger partial charge in [-0.3, -0.25) is 9.99 Å². The Morgan fingerprint density at radius 1 is 1.42 bits per heavy atom. The molecule has 1 N–H and O–H groups in total. The van der Waals surface area contributed by atoms with Gasteiger partial charge < -0.3 is 0 Å². The molecule has 0 aliphatic carbocycles. The van der Waals surface area contributed by atoms with Gasteiger partial charge in [-0.2, -0.15) is 5.10 Å². The highest BCUT2D eigenvalue weighted by molar-refractivity contribution is 5.96. The molecule has 0 bridgehead atoms.